The Morgan fingerprint density at radius 3 is 2.10 bits per heavy atom. The minimum absolute atomic E-state index is 0.0182. The topological polar surface area (TPSA) is 43.4 Å². The smallest absolute Gasteiger partial charge is 0.339 e. The summed E-state index contributed by atoms with van der Waals surface area (Å²) in [5.41, 5.74) is 0.626. The average molecular weight is 352 g/mol. The molecule has 2 aromatic carbocycles. The molecule has 0 bridgehead atoms. The van der Waals surface area contributed by atoms with E-state index in [2.05, 4.69) is 0 Å². The van der Waals surface area contributed by atoms with Gasteiger partial charge in [0.05, 0.1) is 10.0 Å². The number of hydrogen-bond acceptors (Lipinski definition) is 3. The highest BCUT2D eigenvalue weighted by Crippen LogP contribution is 2.34. The van der Waals surface area contributed by atoms with Crippen LogP contribution in [0, 0.1) is 6.92 Å². The van der Waals surface area contributed by atoms with E-state index in [-0.39, 0.29) is 20.7 Å². The molecule has 0 aliphatic heterocycles. The molecule has 0 spiro atoms. The lowest BCUT2D eigenvalue weighted by atomic mass is 10.2. The fourth-order valence-electron chi connectivity index (χ4n) is 1.49. The SMILES string of the molecule is Cc1cc(S(=O)(=O)Oc2c(Cl)cccc2Cl)ccc1Cl. The average Bonchev–Trinajstić information content (AvgIpc) is 2.37. The van der Waals surface area contributed by atoms with Crippen LogP contribution in [0.4, 0.5) is 0 Å². The zero-order valence-electron chi connectivity index (χ0n) is 10.2. The Morgan fingerprint density at radius 2 is 1.55 bits per heavy atom. The zero-order valence-corrected chi connectivity index (χ0v) is 13.3. The molecule has 2 rings (SSSR count). The van der Waals surface area contributed by atoms with E-state index < -0.39 is 10.1 Å². The number of halogens is 3. The molecule has 0 N–H and O–H groups in total. The standard InChI is InChI=1S/C13H9Cl3O3S/c1-8-7-9(5-6-10(8)14)20(17,18)19-13-11(15)3-2-4-12(13)16/h2-7H,1H3. The second-order valence-electron chi connectivity index (χ2n) is 4.00. The van der Waals surface area contributed by atoms with Crippen LogP contribution in [-0.2, 0) is 10.1 Å². The van der Waals surface area contributed by atoms with Crippen molar-refractivity contribution in [2.45, 2.75) is 11.8 Å². The molecule has 7 heteroatoms. The fourth-order valence-corrected chi connectivity index (χ4v) is 3.23. The lowest BCUT2D eigenvalue weighted by molar-refractivity contribution is 0.486. The van der Waals surface area contributed by atoms with Gasteiger partial charge in [-0.2, -0.15) is 8.42 Å². The van der Waals surface area contributed by atoms with Gasteiger partial charge in [-0.25, -0.2) is 0 Å². The van der Waals surface area contributed by atoms with Crippen molar-refractivity contribution in [2.75, 3.05) is 0 Å². The molecule has 3 nitrogen and oxygen atoms in total. The van der Waals surface area contributed by atoms with Gasteiger partial charge in [0.2, 0.25) is 0 Å². The molecule has 0 heterocycles. The summed E-state index contributed by atoms with van der Waals surface area (Å²) in [4.78, 5) is -0.0182. The van der Waals surface area contributed by atoms with Crippen molar-refractivity contribution < 1.29 is 12.6 Å². The van der Waals surface area contributed by atoms with Gasteiger partial charge in [0.1, 0.15) is 4.90 Å². The molecule has 0 atom stereocenters. The summed E-state index contributed by atoms with van der Waals surface area (Å²) >= 11 is 17.6. The van der Waals surface area contributed by atoms with Crippen molar-refractivity contribution in [1.29, 1.82) is 0 Å². The highest BCUT2D eigenvalue weighted by atomic mass is 35.5. The summed E-state index contributed by atoms with van der Waals surface area (Å²) in [5, 5.41) is 0.707. The molecule has 0 radical (unpaired) electrons. The quantitative estimate of drug-likeness (QED) is 0.751. The summed E-state index contributed by atoms with van der Waals surface area (Å²) in [6, 6.07) is 8.84. The number of aryl methyl sites for hydroxylation is 1. The molecule has 106 valence electrons. The predicted molar refractivity (Wildman–Crippen MR) is 80.5 cm³/mol. The maximum absolute atomic E-state index is 12.2. The Hall–Kier alpha value is -0.940. The monoisotopic (exact) mass is 350 g/mol. The first-order chi connectivity index (χ1) is 9.31. The number of rotatable bonds is 3. The van der Waals surface area contributed by atoms with Gasteiger partial charge in [-0.05, 0) is 42.8 Å². The lowest BCUT2D eigenvalue weighted by Gasteiger charge is -2.10. The van der Waals surface area contributed by atoms with Gasteiger partial charge >= 0.3 is 10.1 Å². The lowest BCUT2D eigenvalue weighted by Crippen LogP contribution is -2.10. The van der Waals surface area contributed by atoms with Gasteiger partial charge in [0.25, 0.3) is 0 Å². The summed E-state index contributed by atoms with van der Waals surface area (Å²) in [5.74, 6) is -0.0940. The number of hydrogen-bond donors (Lipinski definition) is 0. The highest BCUT2D eigenvalue weighted by molar-refractivity contribution is 7.87. The van der Waals surface area contributed by atoms with E-state index in [0.717, 1.165) is 0 Å². The van der Waals surface area contributed by atoms with Crippen LogP contribution in [0.1, 0.15) is 5.56 Å². The van der Waals surface area contributed by atoms with Gasteiger partial charge in [0.15, 0.2) is 5.75 Å². The number of para-hydroxylation sites is 1. The molecule has 0 saturated carbocycles. The normalized spacial score (nSPS) is 11.4. The molecule has 0 aliphatic carbocycles. The van der Waals surface area contributed by atoms with E-state index in [0.29, 0.717) is 10.6 Å². The van der Waals surface area contributed by atoms with Gasteiger partial charge in [0, 0.05) is 5.02 Å². The molecular weight excluding hydrogens is 343 g/mol. The van der Waals surface area contributed by atoms with Gasteiger partial charge in [-0.3, -0.25) is 0 Å². The van der Waals surface area contributed by atoms with Crippen molar-refractivity contribution >= 4 is 44.9 Å². The predicted octanol–water partition coefficient (Wildman–Crippen LogP) is 4.72. The van der Waals surface area contributed by atoms with E-state index in [1.807, 2.05) is 0 Å². The molecule has 0 saturated heterocycles. The van der Waals surface area contributed by atoms with Crippen LogP contribution in [0.15, 0.2) is 41.3 Å². The molecule has 0 aliphatic rings. The molecule has 0 amide bonds. The summed E-state index contributed by atoms with van der Waals surface area (Å²) < 4.78 is 29.4. The first-order valence-corrected chi connectivity index (χ1v) is 8.00. The molecule has 2 aromatic rings. The molecular formula is C13H9Cl3O3S. The third-order valence-corrected chi connectivity index (χ3v) is 4.77. The van der Waals surface area contributed by atoms with Crippen molar-refractivity contribution in [3.63, 3.8) is 0 Å². The third-order valence-electron chi connectivity index (χ3n) is 2.53. The van der Waals surface area contributed by atoms with Crippen molar-refractivity contribution in [2.24, 2.45) is 0 Å². The third kappa shape index (κ3) is 3.20. The van der Waals surface area contributed by atoms with Crippen molar-refractivity contribution in [1.82, 2.24) is 0 Å². The Morgan fingerprint density at radius 1 is 0.950 bits per heavy atom. The Bertz CT molecular complexity index is 737. The molecule has 0 aromatic heterocycles. The number of benzene rings is 2. The Labute approximate surface area is 132 Å². The molecule has 20 heavy (non-hydrogen) atoms. The van der Waals surface area contributed by atoms with E-state index >= 15 is 0 Å². The van der Waals surface area contributed by atoms with Crippen LogP contribution in [0.25, 0.3) is 0 Å². The largest absolute Gasteiger partial charge is 0.376 e. The van der Waals surface area contributed by atoms with E-state index in [1.165, 1.54) is 30.3 Å². The summed E-state index contributed by atoms with van der Waals surface area (Å²) in [7, 11) is -4.03. The van der Waals surface area contributed by atoms with Crippen LogP contribution >= 0.6 is 34.8 Å². The maximum atomic E-state index is 12.2. The molecule has 0 fully saturated rings. The van der Waals surface area contributed by atoms with Crippen LogP contribution in [-0.4, -0.2) is 8.42 Å². The van der Waals surface area contributed by atoms with Gasteiger partial charge in [-0.1, -0.05) is 40.9 Å². The minimum Gasteiger partial charge on any atom is -0.376 e. The van der Waals surface area contributed by atoms with Crippen LogP contribution in [0.3, 0.4) is 0 Å². The van der Waals surface area contributed by atoms with Crippen molar-refractivity contribution in [3.8, 4) is 5.75 Å². The highest BCUT2D eigenvalue weighted by Gasteiger charge is 2.20. The van der Waals surface area contributed by atoms with E-state index in [1.54, 1.807) is 13.0 Å². The van der Waals surface area contributed by atoms with Gasteiger partial charge < -0.3 is 4.18 Å². The van der Waals surface area contributed by atoms with E-state index in [4.69, 9.17) is 39.0 Å². The Kier molecular flexibility index (Phi) is 4.49. The van der Waals surface area contributed by atoms with E-state index in [9.17, 15) is 8.42 Å². The minimum atomic E-state index is -4.03. The Balaban J connectivity index is 2.43. The van der Waals surface area contributed by atoms with Gasteiger partial charge in [-0.15, -0.1) is 0 Å². The van der Waals surface area contributed by atoms with Crippen LogP contribution in [0.2, 0.25) is 15.1 Å². The fraction of sp³-hybridized carbons (Fsp3) is 0.0769. The second kappa shape index (κ2) is 5.82. The summed E-state index contributed by atoms with van der Waals surface area (Å²) in [6.45, 7) is 1.70. The maximum Gasteiger partial charge on any atom is 0.339 e. The van der Waals surface area contributed by atoms with Crippen molar-refractivity contribution in [3.05, 3.63) is 57.0 Å². The first-order valence-electron chi connectivity index (χ1n) is 5.46. The molecule has 0 unspecified atom stereocenters. The second-order valence-corrected chi connectivity index (χ2v) is 6.77. The first kappa shape index (κ1) is 15.4. The summed E-state index contributed by atoms with van der Waals surface area (Å²) in [6.07, 6.45) is 0. The van der Waals surface area contributed by atoms with Crippen LogP contribution in [0.5, 0.6) is 5.75 Å². The zero-order chi connectivity index (χ0) is 14.9. The van der Waals surface area contributed by atoms with Crippen LogP contribution < -0.4 is 4.18 Å².